The number of hydrogen-bond acceptors (Lipinski definition) is 4. The number of nitrogens with two attached hydrogens (primary N) is 1. The fourth-order valence-electron chi connectivity index (χ4n) is 1.19. The normalized spacial score (nSPS) is 13.2. The van der Waals surface area contributed by atoms with Crippen LogP contribution in [0.15, 0.2) is 0 Å². The van der Waals surface area contributed by atoms with Gasteiger partial charge in [0.25, 0.3) is 0 Å². The number of rotatable bonds is 7. The number of carboxylic acids is 1. The highest BCUT2D eigenvalue weighted by atomic mass is 16.5. The van der Waals surface area contributed by atoms with Crippen molar-refractivity contribution in [1.82, 2.24) is 10.6 Å². The molecule has 2 atom stereocenters. The first-order valence-corrected chi connectivity index (χ1v) is 5.57. The second kappa shape index (κ2) is 8.15. The lowest BCUT2D eigenvalue weighted by atomic mass is 9.99. The lowest BCUT2D eigenvalue weighted by Crippen LogP contribution is -2.49. The quantitative estimate of drug-likeness (QED) is 0.474. The fraction of sp³-hybridized carbons (Fsp3) is 0.700. The van der Waals surface area contributed by atoms with Crippen molar-refractivity contribution in [1.29, 1.82) is 0 Å². The first-order chi connectivity index (χ1) is 8.38. The number of nitrogens with one attached hydrogen (secondary N) is 2. The van der Waals surface area contributed by atoms with Crippen LogP contribution in [-0.4, -0.2) is 42.4 Å². The van der Waals surface area contributed by atoms with Gasteiger partial charge in [-0.3, -0.25) is 0 Å². The maximum absolute atomic E-state index is 11.4. The topological polar surface area (TPSA) is 131 Å². The molecule has 3 amide bonds. The van der Waals surface area contributed by atoms with Gasteiger partial charge in [-0.1, -0.05) is 20.3 Å². The van der Waals surface area contributed by atoms with Gasteiger partial charge in [-0.25, -0.2) is 14.4 Å². The summed E-state index contributed by atoms with van der Waals surface area (Å²) in [5.41, 5.74) is 4.72. The van der Waals surface area contributed by atoms with Gasteiger partial charge in [0.05, 0.1) is 6.54 Å². The zero-order valence-electron chi connectivity index (χ0n) is 10.4. The lowest BCUT2D eigenvalue weighted by Gasteiger charge is -2.20. The van der Waals surface area contributed by atoms with Crippen LogP contribution in [0.5, 0.6) is 0 Å². The van der Waals surface area contributed by atoms with E-state index >= 15 is 0 Å². The van der Waals surface area contributed by atoms with Crippen LogP contribution in [0.25, 0.3) is 0 Å². The second-order valence-corrected chi connectivity index (χ2v) is 3.77. The van der Waals surface area contributed by atoms with Crippen molar-refractivity contribution in [3.05, 3.63) is 0 Å². The van der Waals surface area contributed by atoms with Gasteiger partial charge in [-0.05, 0) is 5.92 Å². The van der Waals surface area contributed by atoms with Crippen LogP contribution in [0, 0.1) is 5.92 Å². The minimum absolute atomic E-state index is 0.0572. The van der Waals surface area contributed by atoms with Crippen molar-refractivity contribution in [2.24, 2.45) is 11.7 Å². The van der Waals surface area contributed by atoms with Gasteiger partial charge in [0.2, 0.25) is 0 Å². The van der Waals surface area contributed by atoms with Gasteiger partial charge in [0, 0.05) is 0 Å². The number of carbonyl (C=O) groups is 3. The van der Waals surface area contributed by atoms with Crippen LogP contribution in [0.4, 0.5) is 9.59 Å². The summed E-state index contributed by atoms with van der Waals surface area (Å²) in [5, 5.41) is 13.6. The number of urea groups is 1. The number of amides is 3. The maximum Gasteiger partial charge on any atom is 0.404 e. The summed E-state index contributed by atoms with van der Waals surface area (Å²) in [6.45, 7) is 3.56. The molecule has 0 saturated carbocycles. The molecule has 0 spiro atoms. The number of primary amides is 1. The standard InChI is InChI=1S/C10H19N3O5/c1-3-6(2)7(8(14)15)13-10(17)12-4-5-18-9(11)16/h6-7H,3-5H2,1-2H3,(H2,11,16)(H,14,15)(H2,12,13,17). The fourth-order valence-corrected chi connectivity index (χ4v) is 1.19. The zero-order valence-corrected chi connectivity index (χ0v) is 10.4. The van der Waals surface area contributed by atoms with Gasteiger partial charge in [0.1, 0.15) is 12.6 Å². The first kappa shape index (κ1) is 16.0. The summed E-state index contributed by atoms with van der Waals surface area (Å²) in [6.07, 6.45) is -0.303. The van der Waals surface area contributed by atoms with Crippen molar-refractivity contribution < 1.29 is 24.2 Å². The van der Waals surface area contributed by atoms with Crippen LogP contribution in [0.3, 0.4) is 0 Å². The van der Waals surface area contributed by atoms with Crippen LogP contribution in [-0.2, 0) is 9.53 Å². The second-order valence-electron chi connectivity index (χ2n) is 3.77. The molecule has 0 bridgehead atoms. The van der Waals surface area contributed by atoms with Gasteiger partial charge < -0.3 is 26.2 Å². The molecule has 2 unspecified atom stereocenters. The molecule has 0 aromatic heterocycles. The summed E-state index contributed by atoms with van der Waals surface area (Å²) in [4.78, 5) is 32.5. The predicted molar refractivity (Wildman–Crippen MR) is 62.9 cm³/mol. The Balaban J connectivity index is 4.03. The van der Waals surface area contributed by atoms with Gasteiger partial charge in [-0.15, -0.1) is 0 Å². The van der Waals surface area contributed by atoms with E-state index in [9.17, 15) is 14.4 Å². The van der Waals surface area contributed by atoms with E-state index in [0.717, 1.165) is 0 Å². The Kier molecular flexibility index (Phi) is 7.25. The molecule has 104 valence electrons. The Morgan fingerprint density at radius 2 is 2.00 bits per heavy atom. The third-order valence-electron chi connectivity index (χ3n) is 2.40. The number of ether oxygens (including phenoxy) is 1. The van der Waals surface area contributed by atoms with E-state index in [0.29, 0.717) is 6.42 Å². The number of carboxylic acid groups (broad SMARTS) is 1. The van der Waals surface area contributed by atoms with Crippen molar-refractivity contribution >= 4 is 18.1 Å². The SMILES string of the molecule is CCC(C)C(NC(=O)NCCOC(N)=O)C(=O)O. The number of carbonyl (C=O) groups excluding carboxylic acids is 2. The van der Waals surface area contributed by atoms with Crippen molar-refractivity contribution in [3.8, 4) is 0 Å². The maximum atomic E-state index is 11.4. The Labute approximate surface area is 105 Å². The molecule has 0 saturated heterocycles. The van der Waals surface area contributed by atoms with Crippen LogP contribution in [0.1, 0.15) is 20.3 Å². The van der Waals surface area contributed by atoms with Crippen molar-refractivity contribution in [3.63, 3.8) is 0 Å². The van der Waals surface area contributed by atoms with E-state index in [2.05, 4.69) is 15.4 Å². The zero-order chi connectivity index (χ0) is 14.1. The molecule has 8 heteroatoms. The molecule has 5 N–H and O–H groups in total. The number of aliphatic carboxylic acids is 1. The minimum atomic E-state index is -1.09. The summed E-state index contributed by atoms with van der Waals surface area (Å²) >= 11 is 0. The third-order valence-corrected chi connectivity index (χ3v) is 2.40. The highest BCUT2D eigenvalue weighted by Gasteiger charge is 2.24. The molecular formula is C10H19N3O5. The smallest absolute Gasteiger partial charge is 0.404 e. The van der Waals surface area contributed by atoms with Crippen molar-refractivity contribution in [2.45, 2.75) is 26.3 Å². The van der Waals surface area contributed by atoms with Gasteiger partial charge >= 0.3 is 18.1 Å². The summed E-state index contributed by atoms with van der Waals surface area (Å²) < 4.78 is 4.39. The van der Waals surface area contributed by atoms with E-state index in [-0.39, 0.29) is 19.1 Å². The molecule has 8 nitrogen and oxygen atoms in total. The van der Waals surface area contributed by atoms with Crippen LogP contribution >= 0.6 is 0 Å². The molecule has 0 aromatic rings. The average Bonchev–Trinajstić information content (AvgIpc) is 2.30. The van der Waals surface area contributed by atoms with E-state index in [1.807, 2.05) is 6.92 Å². The molecule has 0 aliphatic carbocycles. The van der Waals surface area contributed by atoms with Gasteiger partial charge in [0.15, 0.2) is 0 Å². The molecular weight excluding hydrogens is 242 g/mol. The highest BCUT2D eigenvalue weighted by molar-refractivity contribution is 5.82. The summed E-state index contributed by atoms with van der Waals surface area (Å²) in [6, 6.07) is -1.58. The Hall–Kier alpha value is -1.99. The lowest BCUT2D eigenvalue weighted by molar-refractivity contribution is -0.140. The summed E-state index contributed by atoms with van der Waals surface area (Å²) in [7, 11) is 0. The third kappa shape index (κ3) is 6.56. The molecule has 0 radical (unpaired) electrons. The minimum Gasteiger partial charge on any atom is -0.480 e. The monoisotopic (exact) mass is 261 g/mol. The molecule has 0 fully saturated rings. The molecule has 0 aromatic carbocycles. The Bertz CT molecular complexity index is 308. The van der Waals surface area contributed by atoms with Crippen molar-refractivity contribution in [2.75, 3.05) is 13.2 Å². The van der Waals surface area contributed by atoms with E-state index in [4.69, 9.17) is 10.8 Å². The number of hydrogen-bond donors (Lipinski definition) is 4. The molecule has 0 aliphatic heterocycles. The molecule has 0 heterocycles. The summed E-state index contributed by atoms with van der Waals surface area (Å²) in [5.74, 6) is -1.27. The predicted octanol–water partition coefficient (Wildman–Crippen LogP) is -0.120. The van der Waals surface area contributed by atoms with Crippen LogP contribution < -0.4 is 16.4 Å². The highest BCUT2D eigenvalue weighted by Crippen LogP contribution is 2.07. The first-order valence-electron chi connectivity index (χ1n) is 5.57. The Morgan fingerprint density at radius 1 is 1.39 bits per heavy atom. The van der Waals surface area contributed by atoms with E-state index < -0.39 is 24.1 Å². The largest absolute Gasteiger partial charge is 0.480 e. The molecule has 18 heavy (non-hydrogen) atoms. The Morgan fingerprint density at radius 3 is 2.44 bits per heavy atom. The van der Waals surface area contributed by atoms with E-state index in [1.54, 1.807) is 6.92 Å². The van der Waals surface area contributed by atoms with E-state index in [1.165, 1.54) is 0 Å². The van der Waals surface area contributed by atoms with Crippen LogP contribution in [0.2, 0.25) is 0 Å². The average molecular weight is 261 g/mol. The molecule has 0 aliphatic rings. The van der Waals surface area contributed by atoms with Gasteiger partial charge in [-0.2, -0.15) is 0 Å². The molecule has 0 rings (SSSR count).